The number of hydrogen-bond donors (Lipinski definition) is 6. The summed E-state index contributed by atoms with van der Waals surface area (Å²) in [7, 11) is 0. The molecule has 4 rings (SSSR count). The van der Waals surface area contributed by atoms with Crippen LogP contribution in [0.2, 0.25) is 0 Å². The van der Waals surface area contributed by atoms with Gasteiger partial charge in [0.1, 0.15) is 0 Å². The molecule has 168 valence electrons. The molecule has 3 heterocycles. The predicted octanol–water partition coefficient (Wildman–Crippen LogP) is -3.47. The van der Waals surface area contributed by atoms with Crippen molar-refractivity contribution < 1.29 is 0 Å². The second kappa shape index (κ2) is 8.78. The second-order valence-electron chi connectivity index (χ2n) is 8.47. The van der Waals surface area contributed by atoms with Gasteiger partial charge in [-0.1, -0.05) is 0 Å². The number of hydrogen-bond acceptors (Lipinski definition) is 12. The molecule has 3 aliphatic heterocycles. The third-order valence-electron chi connectivity index (χ3n) is 6.23. The molecule has 12 N–H and O–H groups in total. The lowest BCUT2D eigenvalue weighted by molar-refractivity contribution is 0.228. The van der Waals surface area contributed by atoms with Crippen LogP contribution in [0.5, 0.6) is 0 Å². The zero-order valence-electron chi connectivity index (χ0n) is 17.5. The van der Waals surface area contributed by atoms with Crippen molar-refractivity contribution >= 4 is 17.1 Å². The van der Waals surface area contributed by atoms with Crippen LogP contribution >= 0.6 is 0 Å². The maximum absolute atomic E-state index is 6.43. The second-order valence-corrected chi connectivity index (χ2v) is 8.47. The van der Waals surface area contributed by atoms with E-state index in [0.29, 0.717) is 19.6 Å². The average molecular weight is 421 g/mol. The standard InChI is InChI=1S/C18H36N12/c19-16-10-25(22)1-4-28(16)13-7-14(29-5-2-26(23)11-17(29)20)9-15(8-13)30-6-3-27(24)12-18(30)21/h7-9,16-18H,1-6,10-12,19-24H2. The van der Waals surface area contributed by atoms with Crippen molar-refractivity contribution in [3.63, 3.8) is 0 Å². The minimum Gasteiger partial charge on any atom is -0.353 e. The smallest absolute Gasteiger partial charge is 0.0914 e. The van der Waals surface area contributed by atoms with Crippen molar-refractivity contribution in [2.24, 2.45) is 34.7 Å². The topological polar surface area (TPSA) is 176 Å². The molecule has 0 aliphatic carbocycles. The minimum atomic E-state index is -0.184. The molecule has 0 spiro atoms. The summed E-state index contributed by atoms with van der Waals surface area (Å²) in [5, 5.41) is 5.29. The van der Waals surface area contributed by atoms with Gasteiger partial charge in [0.2, 0.25) is 0 Å². The number of benzene rings is 1. The Morgan fingerprint density at radius 3 is 1.00 bits per heavy atom. The molecule has 3 atom stereocenters. The van der Waals surface area contributed by atoms with Gasteiger partial charge in [0, 0.05) is 76.0 Å². The Labute approximate surface area is 177 Å². The Kier molecular flexibility index (Phi) is 6.29. The lowest BCUT2D eigenvalue weighted by Gasteiger charge is -2.43. The van der Waals surface area contributed by atoms with E-state index in [-0.39, 0.29) is 18.5 Å². The largest absolute Gasteiger partial charge is 0.353 e. The normalized spacial score (nSPS) is 30.2. The first-order valence-corrected chi connectivity index (χ1v) is 10.5. The van der Waals surface area contributed by atoms with Crippen molar-refractivity contribution in [2.45, 2.75) is 18.5 Å². The van der Waals surface area contributed by atoms with Crippen LogP contribution in [0, 0.1) is 0 Å². The Hall–Kier alpha value is -1.74. The molecule has 12 nitrogen and oxygen atoms in total. The molecule has 0 saturated carbocycles. The number of rotatable bonds is 3. The lowest BCUT2D eigenvalue weighted by atomic mass is 10.1. The number of piperazine rings is 3. The lowest BCUT2D eigenvalue weighted by Crippen LogP contribution is -2.60. The van der Waals surface area contributed by atoms with Crippen molar-refractivity contribution in [3.8, 4) is 0 Å². The van der Waals surface area contributed by atoms with Gasteiger partial charge in [-0.05, 0) is 18.2 Å². The van der Waals surface area contributed by atoms with E-state index in [1.54, 1.807) is 15.0 Å². The van der Waals surface area contributed by atoms with Crippen LogP contribution in [0.4, 0.5) is 17.1 Å². The third kappa shape index (κ3) is 4.46. The molecular weight excluding hydrogens is 384 g/mol. The molecule has 1 aromatic rings. The van der Waals surface area contributed by atoms with E-state index >= 15 is 0 Å². The van der Waals surface area contributed by atoms with Crippen LogP contribution in [-0.4, -0.2) is 92.4 Å². The van der Waals surface area contributed by atoms with Gasteiger partial charge in [-0.15, -0.1) is 0 Å². The van der Waals surface area contributed by atoms with Crippen LogP contribution < -0.4 is 49.4 Å². The fourth-order valence-corrected chi connectivity index (χ4v) is 4.54. The Morgan fingerprint density at radius 2 is 0.767 bits per heavy atom. The number of anilines is 3. The summed E-state index contributed by atoms with van der Waals surface area (Å²) in [6.07, 6.45) is -0.553. The summed E-state index contributed by atoms with van der Waals surface area (Å²) < 4.78 is 0. The van der Waals surface area contributed by atoms with E-state index in [9.17, 15) is 0 Å². The fraction of sp³-hybridized carbons (Fsp3) is 0.667. The van der Waals surface area contributed by atoms with Crippen molar-refractivity contribution in [3.05, 3.63) is 18.2 Å². The molecule has 1 aromatic carbocycles. The first kappa shape index (κ1) is 21.5. The van der Waals surface area contributed by atoms with E-state index in [2.05, 4.69) is 32.9 Å². The number of hydrazine groups is 3. The van der Waals surface area contributed by atoms with Crippen LogP contribution in [0.15, 0.2) is 18.2 Å². The molecule has 3 aliphatic rings. The Morgan fingerprint density at radius 1 is 0.500 bits per heavy atom. The van der Waals surface area contributed by atoms with E-state index in [0.717, 1.165) is 56.3 Å². The fourth-order valence-electron chi connectivity index (χ4n) is 4.54. The molecule has 0 amide bonds. The summed E-state index contributed by atoms with van der Waals surface area (Å²) >= 11 is 0. The zero-order chi connectivity index (χ0) is 21.4. The summed E-state index contributed by atoms with van der Waals surface area (Å²) in [5.41, 5.74) is 22.4. The first-order valence-electron chi connectivity index (χ1n) is 10.5. The zero-order valence-corrected chi connectivity index (χ0v) is 17.5. The van der Waals surface area contributed by atoms with Gasteiger partial charge in [-0.2, -0.15) is 0 Å². The van der Waals surface area contributed by atoms with Crippen LogP contribution in [-0.2, 0) is 0 Å². The molecular formula is C18H36N12. The van der Waals surface area contributed by atoms with Crippen molar-refractivity contribution in [2.75, 3.05) is 73.6 Å². The van der Waals surface area contributed by atoms with Crippen molar-refractivity contribution in [1.82, 2.24) is 15.0 Å². The molecule has 3 unspecified atom stereocenters. The van der Waals surface area contributed by atoms with E-state index in [1.165, 1.54) is 0 Å². The third-order valence-corrected chi connectivity index (χ3v) is 6.23. The highest BCUT2D eigenvalue weighted by Gasteiger charge is 2.29. The van der Waals surface area contributed by atoms with Gasteiger partial charge < -0.3 is 31.9 Å². The number of nitrogens with two attached hydrogens (primary N) is 6. The van der Waals surface area contributed by atoms with Crippen LogP contribution in [0.3, 0.4) is 0 Å². The number of nitrogens with zero attached hydrogens (tertiary/aromatic N) is 6. The highest BCUT2D eigenvalue weighted by Crippen LogP contribution is 2.33. The van der Waals surface area contributed by atoms with E-state index < -0.39 is 0 Å². The highest BCUT2D eigenvalue weighted by molar-refractivity contribution is 5.71. The first-order chi connectivity index (χ1) is 14.3. The van der Waals surface area contributed by atoms with Gasteiger partial charge >= 0.3 is 0 Å². The minimum absolute atomic E-state index is 0.184. The summed E-state index contributed by atoms with van der Waals surface area (Å²) in [6, 6.07) is 6.48. The van der Waals surface area contributed by atoms with Gasteiger partial charge in [-0.25, -0.2) is 15.0 Å². The van der Waals surface area contributed by atoms with Gasteiger partial charge in [-0.3, -0.25) is 17.5 Å². The molecule has 3 saturated heterocycles. The predicted molar refractivity (Wildman–Crippen MR) is 120 cm³/mol. The Balaban J connectivity index is 1.69. The van der Waals surface area contributed by atoms with Crippen molar-refractivity contribution in [1.29, 1.82) is 0 Å². The molecule has 30 heavy (non-hydrogen) atoms. The van der Waals surface area contributed by atoms with E-state index in [1.807, 2.05) is 0 Å². The SMILES string of the molecule is NC1CN(N)CCN1c1cc(N2CCN(N)CC2N)cc(N2CCN(N)CC2N)c1. The molecule has 0 bridgehead atoms. The van der Waals surface area contributed by atoms with Crippen LogP contribution in [0.1, 0.15) is 0 Å². The maximum atomic E-state index is 6.43. The molecule has 0 radical (unpaired) electrons. The maximum Gasteiger partial charge on any atom is 0.0914 e. The van der Waals surface area contributed by atoms with E-state index in [4.69, 9.17) is 34.7 Å². The van der Waals surface area contributed by atoms with Gasteiger partial charge in [0.15, 0.2) is 0 Å². The summed E-state index contributed by atoms with van der Waals surface area (Å²) in [6.45, 7) is 6.35. The summed E-state index contributed by atoms with van der Waals surface area (Å²) in [5.74, 6) is 17.9. The highest BCUT2D eigenvalue weighted by atomic mass is 15.5. The molecule has 12 heteroatoms. The van der Waals surface area contributed by atoms with Gasteiger partial charge in [0.05, 0.1) is 18.5 Å². The average Bonchev–Trinajstić information content (AvgIpc) is 2.67. The van der Waals surface area contributed by atoms with Gasteiger partial charge in [0.25, 0.3) is 0 Å². The van der Waals surface area contributed by atoms with Crippen LogP contribution in [0.25, 0.3) is 0 Å². The Bertz CT molecular complexity index is 624. The molecule has 0 aromatic heterocycles. The molecule has 3 fully saturated rings. The summed E-state index contributed by atoms with van der Waals surface area (Å²) in [4.78, 5) is 6.60. The monoisotopic (exact) mass is 420 g/mol. The quantitative estimate of drug-likeness (QED) is 0.267.